The van der Waals surface area contributed by atoms with Gasteiger partial charge < -0.3 is 9.80 Å². The molecule has 1 heterocycles. The van der Waals surface area contributed by atoms with Crippen molar-refractivity contribution in [2.45, 2.75) is 20.3 Å². The van der Waals surface area contributed by atoms with Crippen LogP contribution < -0.4 is 0 Å². The molecule has 0 radical (unpaired) electrons. The van der Waals surface area contributed by atoms with Gasteiger partial charge in [-0.1, -0.05) is 18.2 Å². The van der Waals surface area contributed by atoms with Crippen LogP contribution in [0.4, 0.5) is 0 Å². The molecule has 2 heteroatoms. The average Bonchev–Trinajstić information content (AvgIpc) is 2.19. The summed E-state index contributed by atoms with van der Waals surface area (Å²) in [6, 6.07) is 0. The largest absolute Gasteiger partial charge is 0.373 e. The standard InChI is InChI=1S/C12H22N2/c1-4-5-6-7-12(2)14-10-8-13(3)9-11-14/h4-5,7H,6,8-11H2,1-3H3/b5-4-,12-7+. The van der Waals surface area contributed by atoms with Crippen molar-refractivity contribution in [3.05, 3.63) is 23.9 Å². The first kappa shape index (κ1) is 11.3. The Morgan fingerprint density at radius 2 is 1.86 bits per heavy atom. The van der Waals surface area contributed by atoms with Gasteiger partial charge in [-0.05, 0) is 27.3 Å². The number of allylic oxidation sites excluding steroid dienone is 4. The minimum absolute atomic E-state index is 1.06. The lowest BCUT2D eigenvalue weighted by Gasteiger charge is -2.34. The van der Waals surface area contributed by atoms with E-state index in [-0.39, 0.29) is 0 Å². The second-order valence-electron chi connectivity index (χ2n) is 3.94. The van der Waals surface area contributed by atoms with E-state index in [9.17, 15) is 0 Å². The molecule has 80 valence electrons. The predicted molar refractivity (Wildman–Crippen MR) is 62.3 cm³/mol. The van der Waals surface area contributed by atoms with Crippen molar-refractivity contribution in [3.8, 4) is 0 Å². The molecule has 1 fully saturated rings. The molecular formula is C12H22N2. The summed E-state index contributed by atoms with van der Waals surface area (Å²) in [4.78, 5) is 4.86. The second kappa shape index (κ2) is 5.86. The quantitative estimate of drug-likeness (QED) is 0.635. The molecule has 1 aliphatic rings. The second-order valence-corrected chi connectivity index (χ2v) is 3.94. The summed E-state index contributed by atoms with van der Waals surface area (Å²) >= 11 is 0. The minimum Gasteiger partial charge on any atom is -0.373 e. The predicted octanol–water partition coefficient (Wildman–Crippen LogP) is 2.10. The molecule has 0 aromatic heterocycles. The maximum Gasteiger partial charge on any atom is 0.0303 e. The van der Waals surface area contributed by atoms with E-state index in [4.69, 9.17) is 0 Å². The highest BCUT2D eigenvalue weighted by atomic mass is 15.2. The fourth-order valence-corrected chi connectivity index (χ4v) is 1.66. The Kier molecular flexibility index (Phi) is 4.74. The van der Waals surface area contributed by atoms with Crippen LogP contribution in [0.3, 0.4) is 0 Å². The van der Waals surface area contributed by atoms with E-state index in [0.29, 0.717) is 0 Å². The van der Waals surface area contributed by atoms with Crippen LogP contribution in [0.2, 0.25) is 0 Å². The van der Waals surface area contributed by atoms with Gasteiger partial charge in [0.15, 0.2) is 0 Å². The summed E-state index contributed by atoms with van der Waals surface area (Å²) < 4.78 is 0. The number of hydrogen-bond donors (Lipinski definition) is 0. The molecule has 1 aliphatic heterocycles. The molecule has 1 rings (SSSR count). The van der Waals surface area contributed by atoms with E-state index < -0.39 is 0 Å². The summed E-state index contributed by atoms with van der Waals surface area (Å²) in [6.45, 7) is 9.01. The van der Waals surface area contributed by atoms with Gasteiger partial charge in [-0.25, -0.2) is 0 Å². The molecule has 1 saturated heterocycles. The third-order valence-electron chi connectivity index (χ3n) is 2.79. The van der Waals surface area contributed by atoms with Crippen LogP contribution in [0.5, 0.6) is 0 Å². The van der Waals surface area contributed by atoms with Gasteiger partial charge in [0.1, 0.15) is 0 Å². The van der Waals surface area contributed by atoms with Crippen LogP contribution in [0.15, 0.2) is 23.9 Å². The van der Waals surface area contributed by atoms with Crippen LogP contribution in [-0.4, -0.2) is 43.0 Å². The maximum absolute atomic E-state index is 2.48. The molecule has 0 atom stereocenters. The summed E-state index contributed by atoms with van der Waals surface area (Å²) in [6.07, 6.45) is 7.67. The molecule has 2 nitrogen and oxygen atoms in total. The van der Waals surface area contributed by atoms with Crippen LogP contribution in [-0.2, 0) is 0 Å². The molecule has 0 N–H and O–H groups in total. The molecule has 0 spiro atoms. The zero-order valence-corrected chi connectivity index (χ0v) is 9.66. The van der Waals surface area contributed by atoms with E-state index in [1.165, 1.54) is 31.9 Å². The highest BCUT2D eigenvalue weighted by molar-refractivity contribution is 5.02. The van der Waals surface area contributed by atoms with Crippen molar-refractivity contribution in [3.63, 3.8) is 0 Å². The van der Waals surface area contributed by atoms with E-state index in [1.807, 2.05) is 0 Å². The van der Waals surface area contributed by atoms with Crippen molar-refractivity contribution in [1.82, 2.24) is 9.80 Å². The van der Waals surface area contributed by atoms with Crippen molar-refractivity contribution in [1.29, 1.82) is 0 Å². The van der Waals surface area contributed by atoms with E-state index in [0.717, 1.165) is 6.42 Å². The van der Waals surface area contributed by atoms with Crippen molar-refractivity contribution in [2.24, 2.45) is 0 Å². The Morgan fingerprint density at radius 1 is 1.21 bits per heavy atom. The van der Waals surface area contributed by atoms with Gasteiger partial charge in [-0.15, -0.1) is 0 Å². The smallest absolute Gasteiger partial charge is 0.0303 e. The van der Waals surface area contributed by atoms with Crippen LogP contribution in [0.25, 0.3) is 0 Å². The first-order valence-electron chi connectivity index (χ1n) is 5.45. The van der Waals surface area contributed by atoms with Gasteiger partial charge in [0.05, 0.1) is 0 Å². The summed E-state index contributed by atoms with van der Waals surface area (Å²) in [7, 11) is 2.19. The van der Waals surface area contributed by atoms with Gasteiger partial charge in [0, 0.05) is 31.9 Å². The molecule has 0 unspecified atom stereocenters. The number of piperazine rings is 1. The Hall–Kier alpha value is -0.760. The summed E-state index contributed by atoms with van der Waals surface area (Å²) in [5, 5.41) is 0. The lowest BCUT2D eigenvalue weighted by molar-refractivity contribution is 0.186. The minimum atomic E-state index is 1.06. The number of nitrogens with zero attached hydrogens (tertiary/aromatic N) is 2. The number of likely N-dealkylation sites (N-methyl/N-ethyl adjacent to an activating group) is 1. The Bertz CT molecular complexity index is 210. The third kappa shape index (κ3) is 3.54. The topological polar surface area (TPSA) is 6.48 Å². The SMILES string of the molecule is C/C=C\C/C=C(\C)N1CCN(C)CC1. The fourth-order valence-electron chi connectivity index (χ4n) is 1.66. The highest BCUT2D eigenvalue weighted by Crippen LogP contribution is 2.08. The normalized spacial score (nSPS) is 20.8. The van der Waals surface area contributed by atoms with Crippen molar-refractivity contribution >= 4 is 0 Å². The Balaban J connectivity index is 2.36. The number of rotatable bonds is 3. The molecular weight excluding hydrogens is 172 g/mol. The van der Waals surface area contributed by atoms with Crippen LogP contribution in [0.1, 0.15) is 20.3 Å². The molecule has 0 bridgehead atoms. The molecule has 0 aliphatic carbocycles. The summed E-state index contributed by atoms with van der Waals surface area (Å²) in [5.41, 5.74) is 1.43. The maximum atomic E-state index is 2.48. The Labute approximate surface area is 87.9 Å². The first-order chi connectivity index (χ1) is 6.74. The highest BCUT2D eigenvalue weighted by Gasteiger charge is 2.12. The Morgan fingerprint density at radius 3 is 2.43 bits per heavy atom. The first-order valence-corrected chi connectivity index (χ1v) is 5.45. The van der Waals surface area contributed by atoms with E-state index >= 15 is 0 Å². The molecule has 0 amide bonds. The third-order valence-corrected chi connectivity index (χ3v) is 2.79. The van der Waals surface area contributed by atoms with Crippen LogP contribution in [0, 0.1) is 0 Å². The lowest BCUT2D eigenvalue weighted by atomic mass is 10.2. The van der Waals surface area contributed by atoms with E-state index in [1.54, 1.807) is 0 Å². The zero-order chi connectivity index (χ0) is 10.4. The molecule has 0 saturated carbocycles. The van der Waals surface area contributed by atoms with E-state index in [2.05, 4.69) is 48.9 Å². The van der Waals surface area contributed by atoms with Gasteiger partial charge in [0.25, 0.3) is 0 Å². The summed E-state index contributed by atoms with van der Waals surface area (Å²) in [5.74, 6) is 0. The van der Waals surface area contributed by atoms with Crippen molar-refractivity contribution < 1.29 is 0 Å². The number of hydrogen-bond acceptors (Lipinski definition) is 2. The van der Waals surface area contributed by atoms with Gasteiger partial charge >= 0.3 is 0 Å². The van der Waals surface area contributed by atoms with Gasteiger partial charge in [-0.2, -0.15) is 0 Å². The van der Waals surface area contributed by atoms with Gasteiger partial charge in [0.2, 0.25) is 0 Å². The molecule has 14 heavy (non-hydrogen) atoms. The van der Waals surface area contributed by atoms with Crippen molar-refractivity contribution in [2.75, 3.05) is 33.2 Å². The van der Waals surface area contributed by atoms with Gasteiger partial charge in [-0.3, -0.25) is 0 Å². The lowest BCUT2D eigenvalue weighted by Crippen LogP contribution is -2.43. The zero-order valence-electron chi connectivity index (χ0n) is 9.66. The molecule has 0 aromatic carbocycles. The van der Waals surface area contributed by atoms with Crippen LogP contribution >= 0.6 is 0 Å². The fraction of sp³-hybridized carbons (Fsp3) is 0.667. The monoisotopic (exact) mass is 194 g/mol. The molecule has 0 aromatic rings. The average molecular weight is 194 g/mol.